The highest BCUT2D eigenvalue weighted by molar-refractivity contribution is 7.13. The second-order valence-electron chi connectivity index (χ2n) is 7.82. The van der Waals surface area contributed by atoms with Gasteiger partial charge in [-0.3, -0.25) is 4.79 Å². The van der Waals surface area contributed by atoms with E-state index in [0.717, 1.165) is 42.2 Å². The number of aryl methyl sites for hydroxylation is 2. The van der Waals surface area contributed by atoms with Crippen molar-refractivity contribution in [2.45, 2.75) is 50.7 Å². The topological polar surface area (TPSA) is 65.5 Å². The lowest BCUT2D eigenvalue weighted by atomic mass is 9.85. The number of carbonyl (C=O) groups is 1. The van der Waals surface area contributed by atoms with Crippen molar-refractivity contribution in [2.24, 2.45) is 0 Å². The highest BCUT2D eigenvalue weighted by Gasteiger charge is 2.31. The molecule has 6 heteroatoms. The van der Waals surface area contributed by atoms with E-state index in [9.17, 15) is 9.90 Å². The first-order valence-corrected chi connectivity index (χ1v) is 10.6. The molecule has 2 aromatic rings. The molecule has 144 valence electrons. The van der Waals surface area contributed by atoms with Crippen molar-refractivity contribution in [1.29, 1.82) is 0 Å². The first kappa shape index (κ1) is 18.6. The summed E-state index contributed by atoms with van der Waals surface area (Å²) in [6, 6.07) is 7.71. The van der Waals surface area contributed by atoms with Crippen LogP contribution < -0.4 is 5.32 Å². The number of carbonyl (C=O) groups excluding carboxylic acids is 1. The number of fused-ring (bicyclic) bond motifs is 1. The molecule has 1 aromatic heterocycles. The summed E-state index contributed by atoms with van der Waals surface area (Å²) in [6.07, 6.45) is 3.27. The first-order chi connectivity index (χ1) is 13.0. The molecule has 1 aliphatic heterocycles. The molecule has 2 heterocycles. The molecule has 1 saturated heterocycles. The van der Waals surface area contributed by atoms with Crippen LogP contribution in [0.5, 0.6) is 0 Å². The molecule has 0 saturated carbocycles. The zero-order valence-corrected chi connectivity index (χ0v) is 16.8. The molecular weight excluding hydrogens is 358 g/mol. The second-order valence-corrected chi connectivity index (χ2v) is 8.85. The number of rotatable bonds is 3. The van der Waals surface area contributed by atoms with Crippen LogP contribution in [0, 0.1) is 6.92 Å². The van der Waals surface area contributed by atoms with E-state index in [1.165, 1.54) is 23.3 Å². The molecule has 2 N–H and O–H groups in total. The predicted octanol–water partition coefficient (Wildman–Crippen LogP) is 3.04. The molecule has 1 unspecified atom stereocenters. The van der Waals surface area contributed by atoms with E-state index in [1.54, 1.807) is 0 Å². The van der Waals surface area contributed by atoms with Crippen LogP contribution in [0.4, 0.5) is 0 Å². The van der Waals surface area contributed by atoms with Crippen LogP contribution in [0.3, 0.4) is 0 Å². The summed E-state index contributed by atoms with van der Waals surface area (Å²) in [5, 5.41) is 14.6. The summed E-state index contributed by atoms with van der Waals surface area (Å²) in [5.41, 5.74) is 3.03. The monoisotopic (exact) mass is 385 g/mol. The summed E-state index contributed by atoms with van der Waals surface area (Å²) >= 11 is 1.52. The molecule has 0 spiro atoms. The third-order valence-corrected chi connectivity index (χ3v) is 7.08. The van der Waals surface area contributed by atoms with E-state index < -0.39 is 6.10 Å². The molecule has 0 radical (unpaired) electrons. The van der Waals surface area contributed by atoms with Gasteiger partial charge in [-0.1, -0.05) is 24.3 Å². The lowest BCUT2D eigenvalue weighted by Crippen LogP contribution is -2.39. The van der Waals surface area contributed by atoms with Crippen molar-refractivity contribution in [3.8, 4) is 0 Å². The maximum absolute atomic E-state index is 13.0. The summed E-state index contributed by atoms with van der Waals surface area (Å²) in [4.78, 5) is 20.7. The molecule has 1 fully saturated rings. The predicted molar refractivity (Wildman–Crippen MR) is 107 cm³/mol. The second kappa shape index (κ2) is 7.70. The zero-order valence-electron chi connectivity index (χ0n) is 15.9. The first-order valence-electron chi connectivity index (χ1n) is 9.75. The fraction of sp³-hybridized carbons (Fsp3) is 0.524. The number of likely N-dealkylation sites (N-methyl/N-ethyl adjacent to an activating group) is 1. The van der Waals surface area contributed by atoms with Crippen LogP contribution in [0.25, 0.3) is 0 Å². The maximum atomic E-state index is 13.0. The standard InChI is InChI=1S/C21H27N3O2S/c1-13-19(27-21(22-13)15-7-5-11-24(2)12-15)20(26)23-18-16-8-4-3-6-14(16)9-10-17(18)25/h3-4,6,8,15,17-18,25H,5,7,9-12H2,1-2H3,(H,23,26)/t15?,17-,18+/m1/s1. The minimum atomic E-state index is -0.552. The van der Waals surface area contributed by atoms with Gasteiger partial charge in [-0.05, 0) is 57.3 Å². The van der Waals surface area contributed by atoms with Crippen LogP contribution in [-0.4, -0.2) is 47.1 Å². The Morgan fingerprint density at radius 1 is 1.33 bits per heavy atom. The molecule has 4 rings (SSSR count). The SMILES string of the molecule is Cc1nc(C2CCCN(C)C2)sc1C(=O)N[C@H]1c2ccccc2CC[C@H]1O. The van der Waals surface area contributed by atoms with Crippen molar-refractivity contribution < 1.29 is 9.90 Å². The minimum Gasteiger partial charge on any atom is -0.391 e. The molecule has 1 aliphatic carbocycles. The van der Waals surface area contributed by atoms with Crippen molar-refractivity contribution >= 4 is 17.2 Å². The van der Waals surface area contributed by atoms with Gasteiger partial charge in [0.1, 0.15) is 4.88 Å². The van der Waals surface area contributed by atoms with E-state index in [1.807, 2.05) is 25.1 Å². The van der Waals surface area contributed by atoms with E-state index in [2.05, 4.69) is 23.3 Å². The quantitative estimate of drug-likeness (QED) is 0.852. The molecule has 5 nitrogen and oxygen atoms in total. The van der Waals surface area contributed by atoms with Crippen molar-refractivity contribution in [1.82, 2.24) is 15.2 Å². The van der Waals surface area contributed by atoms with Crippen LogP contribution in [0.1, 0.15) is 62.7 Å². The van der Waals surface area contributed by atoms with E-state index in [-0.39, 0.29) is 11.9 Å². The smallest absolute Gasteiger partial charge is 0.263 e. The third kappa shape index (κ3) is 3.79. The van der Waals surface area contributed by atoms with Crippen LogP contribution in [-0.2, 0) is 6.42 Å². The number of aliphatic hydroxyl groups excluding tert-OH is 1. The summed E-state index contributed by atoms with van der Waals surface area (Å²) in [6.45, 7) is 4.04. The van der Waals surface area contributed by atoms with Crippen molar-refractivity contribution in [3.05, 3.63) is 51.0 Å². The normalized spacial score (nSPS) is 25.8. The molecule has 2 aliphatic rings. The fourth-order valence-electron chi connectivity index (χ4n) is 4.29. The Balaban J connectivity index is 1.54. The van der Waals surface area contributed by atoms with Crippen LogP contribution in [0.15, 0.2) is 24.3 Å². The number of hydrogen-bond acceptors (Lipinski definition) is 5. The van der Waals surface area contributed by atoms with Gasteiger partial charge in [0.2, 0.25) is 0 Å². The molecule has 0 bridgehead atoms. The van der Waals surface area contributed by atoms with Gasteiger partial charge in [0, 0.05) is 12.5 Å². The number of aromatic nitrogens is 1. The van der Waals surface area contributed by atoms with Gasteiger partial charge < -0.3 is 15.3 Å². The lowest BCUT2D eigenvalue weighted by molar-refractivity contribution is 0.0794. The summed E-state index contributed by atoms with van der Waals surface area (Å²) < 4.78 is 0. The molecule has 3 atom stereocenters. The number of thiazole rings is 1. The number of likely N-dealkylation sites (tertiary alicyclic amines) is 1. The van der Waals surface area contributed by atoms with Gasteiger partial charge in [-0.25, -0.2) is 4.98 Å². The Bertz CT molecular complexity index is 835. The highest BCUT2D eigenvalue weighted by atomic mass is 32.1. The number of nitrogens with zero attached hydrogens (tertiary/aromatic N) is 2. The molecule has 1 aromatic carbocycles. The minimum absolute atomic E-state index is 0.124. The zero-order chi connectivity index (χ0) is 19.0. The van der Waals surface area contributed by atoms with Crippen molar-refractivity contribution in [3.63, 3.8) is 0 Å². The number of piperidine rings is 1. The Hall–Kier alpha value is -1.76. The van der Waals surface area contributed by atoms with Gasteiger partial charge in [-0.2, -0.15) is 0 Å². The van der Waals surface area contributed by atoms with E-state index in [0.29, 0.717) is 17.2 Å². The van der Waals surface area contributed by atoms with Gasteiger partial charge in [0.25, 0.3) is 5.91 Å². The summed E-state index contributed by atoms with van der Waals surface area (Å²) in [7, 11) is 2.14. The van der Waals surface area contributed by atoms with Gasteiger partial charge in [0.15, 0.2) is 0 Å². The van der Waals surface area contributed by atoms with Gasteiger partial charge in [0.05, 0.1) is 22.8 Å². The Kier molecular flexibility index (Phi) is 5.30. The van der Waals surface area contributed by atoms with Crippen molar-refractivity contribution in [2.75, 3.05) is 20.1 Å². The lowest BCUT2D eigenvalue weighted by Gasteiger charge is -2.30. The van der Waals surface area contributed by atoms with Crippen LogP contribution in [0.2, 0.25) is 0 Å². The largest absolute Gasteiger partial charge is 0.391 e. The third-order valence-electron chi connectivity index (χ3n) is 5.76. The number of benzene rings is 1. The number of amides is 1. The maximum Gasteiger partial charge on any atom is 0.263 e. The summed E-state index contributed by atoms with van der Waals surface area (Å²) in [5.74, 6) is 0.288. The highest BCUT2D eigenvalue weighted by Crippen LogP contribution is 2.33. The Labute approximate surface area is 164 Å². The van der Waals surface area contributed by atoms with Gasteiger partial charge >= 0.3 is 0 Å². The molecule has 1 amide bonds. The number of nitrogens with one attached hydrogen (secondary N) is 1. The number of hydrogen-bond donors (Lipinski definition) is 2. The fourth-order valence-corrected chi connectivity index (χ4v) is 5.39. The Morgan fingerprint density at radius 2 is 2.15 bits per heavy atom. The average Bonchev–Trinajstić information content (AvgIpc) is 3.06. The molecule has 27 heavy (non-hydrogen) atoms. The average molecular weight is 386 g/mol. The molecular formula is C21H27N3O2S. The van der Waals surface area contributed by atoms with E-state index >= 15 is 0 Å². The Morgan fingerprint density at radius 3 is 2.96 bits per heavy atom. The number of aliphatic hydroxyl groups is 1. The van der Waals surface area contributed by atoms with Gasteiger partial charge in [-0.15, -0.1) is 11.3 Å². The van der Waals surface area contributed by atoms with E-state index in [4.69, 9.17) is 4.98 Å². The van der Waals surface area contributed by atoms with Crippen LogP contribution >= 0.6 is 11.3 Å².